The summed E-state index contributed by atoms with van der Waals surface area (Å²) in [5, 5.41) is 10.0. The smallest absolute Gasteiger partial charge is 0.304 e. The van der Waals surface area contributed by atoms with Crippen LogP contribution in [0.25, 0.3) is 10.2 Å². The molecule has 0 saturated heterocycles. The number of carboxylic acids is 1. The van der Waals surface area contributed by atoms with E-state index in [1.807, 2.05) is 25.1 Å². The van der Waals surface area contributed by atoms with E-state index in [1.165, 1.54) is 4.70 Å². The van der Waals surface area contributed by atoms with Gasteiger partial charge in [-0.1, -0.05) is 19.1 Å². The standard InChI is InChI=1S/C15H20N2O2S/c1-4-17(10(2)9-14(18)19)11(3)15-16-12-7-5-6-8-13(12)20-15/h5-8,10-11H,4,9H2,1-3H3,(H,18,19). The van der Waals surface area contributed by atoms with E-state index < -0.39 is 5.97 Å². The van der Waals surface area contributed by atoms with Crippen LogP contribution in [-0.2, 0) is 4.79 Å². The monoisotopic (exact) mass is 292 g/mol. The van der Waals surface area contributed by atoms with Crippen LogP contribution in [0.5, 0.6) is 0 Å². The van der Waals surface area contributed by atoms with Gasteiger partial charge in [-0.25, -0.2) is 4.98 Å². The predicted molar refractivity (Wildman–Crippen MR) is 82.1 cm³/mol. The lowest BCUT2D eigenvalue weighted by Gasteiger charge is -2.31. The Hall–Kier alpha value is -1.46. The number of hydrogen-bond donors (Lipinski definition) is 1. The zero-order valence-electron chi connectivity index (χ0n) is 12.0. The molecule has 2 unspecified atom stereocenters. The molecule has 0 aliphatic heterocycles. The van der Waals surface area contributed by atoms with Gasteiger partial charge in [0.05, 0.1) is 22.7 Å². The average molecular weight is 292 g/mol. The highest BCUT2D eigenvalue weighted by atomic mass is 32.1. The Kier molecular flexibility index (Phi) is 4.73. The van der Waals surface area contributed by atoms with Gasteiger partial charge in [-0.3, -0.25) is 9.69 Å². The Morgan fingerprint density at radius 1 is 1.40 bits per heavy atom. The first-order valence-corrected chi connectivity index (χ1v) is 7.67. The summed E-state index contributed by atoms with van der Waals surface area (Å²) >= 11 is 1.69. The van der Waals surface area contributed by atoms with Crippen molar-refractivity contribution in [3.8, 4) is 0 Å². The summed E-state index contributed by atoms with van der Waals surface area (Å²) in [6.45, 7) is 6.93. The molecule has 1 heterocycles. The predicted octanol–water partition coefficient (Wildman–Crippen LogP) is 3.54. The Morgan fingerprint density at radius 3 is 2.70 bits per heavy atom. The molecule has 0 aliphatic carbocycles. The molecule has 0 spiro atoms. The molecule has 0 amide bonds. The second-order valence-corrected chi connectivity index (χ2v) is 6.04. The van der Waals surface area contributed by atoms with Gasteiger partial charge in [0, 0.05) is 6.04 Å². The Morgan fingerprint density at radius 2 is 2.10 bits per heavy atom. The lowest BCUT2D eigenvalue weighted by atomic mass is 10.1. The minimum Gasteiger partial charge on any atom is -0.481 e. The van der Waals surface area contributed by atoms with E-state index >= 15 is 0 Å². The summed E-state index contributed by atoms with van der Waals surface area (Å²) in [6.07, 6.45) is 0.156. The van der Waals surface area contributed by atoms with Crippen LogP contribution in [0, 0.1) is 0 Å². The van der Waals surface area contributed by atoms with E-state index in [-0.39, 0.29) is 18.5 Å². The minimum absolute atomic E-state index is 0.000452. The molecule has 2 aromatic rings. The molecular weight excluding hydrogens is 272 g/mol. The van der Waals surface area contributed by atoms with E-state index in [0.717, 1.165) is 17.1 Å². The van der Waals surface area contributed by atoms with E-state index in [1.54, 1.807) is 11.3 Å². The number of thiazole rings is 1. The second kappa shape index (κ2) is 6.33. The maximum absolute atomic E-state index is 10.9. The van der Waals surface area contributed by atoms with E-state index in [4.69, 9.17) is 5.11 Å². The van der Waals surface area contributed by atoms with Gasteiger partial charge in [0.2, 0.25) is 0 Å². The fourth-order valence-electron chi connectivity index (χ4n) is 2.55. The number of fused-ring (bicyclic) bond motifs is 1. The molecule has 108 valence electrons. The van der Waals surface area contributed by atoms with E-state index in [2.05, 4.69) is 29.8 Å². The van der Waals surface area contributed by atoms with Crippen LogP contribution in [0.4, 0.5) is 0 Å². The number of nitrogens with zero attached hydrogens (tertiary/aromatic N) is 2. The molecule has 2 atom stereocenters. The van der Waals surface area contributed by atoms with E-state index in [0.29, 0.717) is 0 Å². The number of carboxylic acid groups (broad SMARTS) is 1. The summed E-state index contributed by atoms with van der Waals surface area (Å²) in [4.78, 5) is 17.7. The van der Waals surface area contributed by atoms with Crippen LogP contribution in [0.1, 0.15) is 38.2 Å². The van der Waals surface area contributed by atoms with Crippen LogP contribution in [-0.4, -0.2) is 33.5 Å². The first-order valence-electron chi connectivity index (χ1n) is 6.86. The summed E-state index contributed by atoms with van der Waals surface area (Å²) in [6, 6.07) is 8.21. The van der Waals surface area contributed by atoms with Crippen molar-refractivity contribution < 1.29 is 9.90 Å². The topological polar surface area (TPSA) is 53.4 Å². The van der Waals surface area contributed by atoms with Gasteiger partial charge in [0.15, 0.2) is 0 Å². The normalized spacial score (nSPS) is 14.6. The van der Waals surface area contributed by atoms with Crippen molar-refractivity contribution in [2.45, 2.75) is 39.3 Å². The van der Waals surface area contributed by atoms with Crippen LogP contribution >= 0.6 is 11.3 Å². The van der Waals surface area contributed by atoms with Gasteiger partial charge in [0.25, 0.3) is 0 Å². The highest BCUT2D eigenvalue weighted by molar-refractivity contribution is 7.18. The summed E-state index contributed by atoms with van der Waals surface area (Å²) in [5.41, 5.74) is 1.02. The summed E-state index contributed by atoms with van der Waals surface area (Å²) < 4.78 is 1.18. The molecule has 5 heteroatoms. The largest absolute Gasteiger partial charge is 0.481 e. The molecule has 20 heavy (non-hydrogen) atoms. The quantitative estimate of drug-likeness (QED) is 0.884. The lowest BCUT2D eigenvalue weighted by Crippen LogP contribution is -2.36. The molecule has 4 nitrogen and oxygen atoms in total. The first-order chi connectivity index (χ1) is 9.52. The number of carbonyl (C=O) groups is 1. The second-order valence-electron chi connectivity index (χ2n) is 4.97. The highest BCUT2D eigenvalue weighted by Crippen LogP contribution is 2.30. The molecule has 0 saturated carbocycles. The fourth-order valence-corrected chi connectivity index (χ4v) is 3.59. The molecule has 1 aromatic heterocycles. The highest BCUT2D eigenvalue weighted by Gasteiger charge is 2.24. The van der Waals surface area contributed by atoms with Crippen molar-refractivity contribution >= 4 is 27.5 Å². The number of para-hydroxylation sites is 1. The van der Waals surface area contributed by atoms with Crippen LogP contribution in [0.3, 0.4) is 0 Å². The lowest BCUT2D eigenvalue weighted by molar-refractivity contribution is -0.138. The average Bonchev–Trinajstić information content (AvgIpc) is 2.82. The number of aromatic nitrogens is 1. The van der Waals surface area contributed by atoms with Crippen molar-refractivity contribution in [1.29, 1.82) is 0 Å². The molecule has 0 fully saturated rings. The maximum atomic E-state index is 10.9. The van der Waals surface area contributed by atoms with Gasteiger partial charge in [-0.2, -0.15) is 0 Å². The number of benzene rings is 1. The summed E-state index contributed by atoms with van der Waals surface area (Å²) in [5.74, 6) is -0.757. The van der Waals surface area contributed by atoms with Gasteiger partial charge >= 0.3 is 5.97 Å². The number of aliphatic carboxylic acids is 1. The van der Waals surface area contributed by atoms with Gasteiger partial charge in [-0.15, -0.1) is 11.3 Å². The number of hydrogen-bond acceptors (Lipinski definition) is 4. The van der Waals surface area contributed by atoms with Gasteiger partial charge < -0.3 is 5.11 Å². The maximum Gasteiger partial charge on any atom is 0.304 e. The van der Waals surface area contributed by atoms with Gasteiger partial charge in [0.1, 0.15) is 5.01 Å². The molecular formula is C15H20N2O2S. The zero-order chi connectivity index (χ0) is 14.7. The van der Waals surface area contributed by atoms with Crippen LogP contribution < -0.4 is 0 Å². The van der Waals surface area contributed by atoms with E-state index in [9.17, 15) is 4.79 Å². The van der Waals surface area contributed by atoms with Gasteiger partial charge in [-0.05, 0) is 32.5 Å². The number of rotatable bonds is 6. The van der Waals surface area contributed by atoms with Crippen molar-refractivity contribution in [3.63, 3.8) is 0 Å². The minimum atomic E-state index is -0.757. The Balaban J connectivity index is 2.23. The fraction of sp³-hybridized carbons (Fsp3) is 0.467. The third kappa shape index (κ3) is 3.16. The van der Waals surface area contributed by atoms with Crippen molar-refractivity contribution in [2.75, 3.05) is 6.54 Å². The molecule has 0 aliphatic rings. The third-order valence-corrected chi connectivity index (χ3v) is 4.77. The zero-order valence-corrected chi connectivity index (χ0v) is 12.9. The molecule has 1 aromatic carbocycles. The molecule has 2 rings (SSSR count). The molecule has 0 bridgehead atoms. The van der Waals surface area contributed by atoms with Crippen LogP contribution in [0.15, 0.2) is 24.3 Å². The third-order valence-electron chi connectivity index (χ3n) is 3.57. The van der Waals surface area contributed by atoms with Crippen molar-refractivity contribution in [2.24, 2.45) is 0 Å². The first kappa shape index (κ1) is 14.9. The van der Waals surface area contributed by atoms with Crippen LogP contribution in [0.2, 0.25) is 0 Å². The Bertz CT molecular complexity index is 563. The molecule has 1 N–H and O–H groups in total. The summed E-state index contributed by atoms with van der Waals surface area (Å²) in [7, 11) is 0. The SMILES string of the molecule is CCN(C(C)CC(=O)O)C(C)c1nc2ccccc2s1. The van der Waals surface area contributed by atoms with Crippen molar-refractivity contribution in [3.05, 3.63) is 29.3 Å². The van der Waals surface area contributed by atoms with Crippen molar-refractivity contribution in [1.82, 2.24) is 9.88 Å². The molecule has 0 radical (unpaired) electrons. The Labute approximate surface area is 123 Å².